The van der Waals surface area contributed by atoms with E-state index in [4.69, 9.17) is 16.2 Å². The number of rotatable bonds is 2. The molecule has 2 nitrogen and oxygen atoms in total. The van der Waals surface area contributed by atoms with E-state index in [1.54, 1.807) is 0 Å². The number of hydrogen-bond donors (Lipinski definition) is 0. The van der Waals surface area contributed by atoms with E-state index in [0.29, 0.717) is 23.7 Å². The summed E-state index contributed by atoms with van der Waals surface area (Å²) in [5, 5.41) is 0. The van der Waals surface area contributed by atoms with Crippen molar-refractivity contribution in [3.8, 4) is 12.5 Å². The topological polar surface area (TPSA) is 18.5 Å². The molecule has 0 radical (unpaired) electrons. The van der Waals surface area contributed by atoms with Gasteiger partial charge < -0.3 is 0 Å². The van der Waals surface area contributed by atoms with E-state index in [0.717, 1.165) is 6.42 Å². The highest BCUT2D eigenvalue weighted by molar-refractivity contribution is 5.12. The van der Waals surface area contributed by atoms with Gasteiger partial charge in [0.05, 0.1) is 0 Å². The molecule has 1 fully saturated rings. The summed E-state index contributed by atoms with van der Waals surface area (Å²) in [6.45, 7) is 6.83. The van der Waals surface area contributed by atoms with Crippen molar-refractivity contribution >= 4 is 0 Å². The Bertz CT molecular complexity index is 339. The highest BCUT2D eigenvalue weighted by atomic mass is 17.2. The molecular formula is C15H22O2. The molecule has 0 N–H and O–H groups in total. The molecule has 0 aromatic heterocycles. The predicted octanol–water partition coefficient (Wildman–Crippen LogP) is 3.54. The molecule has 0 bridgehead atoms. The first-order chi connectivity index (χ1) is 8.11. The molecule has 2 heteroatoms. The first-order valence-electron chi connectivity index (χ1n) is 6.57. The SMILES string of the molecule is C#COOC1CC(C)CC2C=C(C)CC(C)C21. The quantitative estimate of drug-likeness (QED) is 0.315. The molecule has 2 aliphatic rings. The Morgan fingerprint density at radius 2 is 2.12 bits per heavy atom. The van der Waals surface area contributed by atoms with E-state index >= 15 is 0 Å². The minimum Gasteiger partial charge on any atom is -0.282 e. The third-order valence-electron chi connectivity index (χ3n) is 4.25. The van der Waals surface area contributed by atoms with Crippen LogP contribution in [0.5, 0.6) is 0 Å². The van der Waals surface area contributed by atoms with E-state index in [9.17, 15) is 0 Å². The summed E-state index contributed by atoms with van der Waals surface area (Å²) < 4.78 is 0. The lowest BCUT2D eigenvalue weighted by Crippen LogP contribution is -2.42. The molecule has 0 heterocycles. The summed E-state index contributed by atoms with van der Waals surface area (Å²) >= 11 is 0. The van der Waals surface area contributed by atoms with Crippen molar-refractivity contribution in [2.45, 2.75) is 46.1 Å². The zero-order valence-electron chi connectivity index (χ0n) is 11.0. The fourth-order valence-corrected chi connectivity index (χ4v) is 3.79. The van der Waals surface area contributed by atoms with Crippen LogP contribution in [0.2, 0.25) is 0 Å². The zero-order valence-corrected chi connectivity index (χ0v) is 11.0. The molecule has 94 valence electrons. The van der Waals surface area contributed by atoms with Crippen LogP contribution in [0.3, 0.4) is 0 Å². The van der Waals surface area contributed by atoms with Crippen LogP contribution in [0.4, 0.5) is 0 Å². The maximum Gasteiger partial charge on any atom is 0.153 e. The van der Waals surface area contributed by atoms with Crippen LogP contribution >= 0.6 is 0 Å². The van der Waals surface area contributed by atoms with Gasteiger partial charge in [-0.3, -0.25) is 4.89 Å². The molecule has 0 aliphatic heterocycles. The van der Waals surface area contributed by atoms with Gasteiger partial charge in [-0.15, -0.1) is 0 Å². The van der Waals surface area contributed by atoms with Crippen LogP contribution in [0, 0.1) is 36.2 Å². The van der Waals surface area contributed by atoms with Crippen LogP contribution in [0.1, 0.15) is 40.0 Å². The van der Waals surface area contributed by atoms with Crippen molar-refractivity contribution in [1.29, 1.82) is 0 Å². The molecule has 0 saturated heterocycles. The van der Waals surface area contributed by atoms with Gasteiger partial charge in [-0.25, -0.2) is 0 Å². The summed E-state index contributed by atoms with van der Waals surface area (Å²) in [4.78, 5) is 10.2. The largest absolute Gasteiger partial charge is 0.282 e. The number of terminal acetylenes is 1. The maximum atomic E-state index is 5.41. The second kappa shape index (κ2) is 5.14. The summed E-state index contributed by atoms with van der Waals surface area (Å²) in [5.74, 6) is 2.53. The molecule has 5 atom stereocenters. The number of allylic oxidation sites excluding steroid dienone is 2. The fraction of sp³-hybridized carbons (Fsp3) is 0.733. The molecule has 2 aliphatic carbocycles. The predicted molar refractivity (Wildman–Crippen MR) is 67.7 cm³/mol. The van der Waals surface area contributed by atoms with Crippen molar-refractivity contribution < 1.29 is 9.78 Å². The van der Waals surface area contributed by atoms with Crippen molar-refractivity contribution in [1.82, 2.24) is 0 Å². The van der Waals surface area contributed by atoms with Crippen molar-refractivity contribution in [2.24, 2.45) is 23.7 Å². The molecule has 0 aromatic rings. The Morgan fingerprint density at radius 1 is 1.35 bits per heavy atom. The van der Waals surface area contributed by atoms with Gasteiger partial charge in [0.25, 0.3) is 0 Å². The average Bonchev–Trinajstić information content (AvgIpc) is 2.24. The van der Waals surface area contributed by atoms with Crippen LogP contribution in [-0.2, 0) is 9.78 Å². The second-order valence-corrected chi connectivity index (χ2v) is 5.85. The fourth-order valence-electron chi connectivity index (χ4n) is 3.79. The lowest BCUT2D eigenvalue weighted by Gasteiger charge is -2.44. The van der Waals surface area contributed by atoms with E-state index < -0.39 is 0 Å². The molecular weight excluding hydrogens is 212 g/mol. The Hall–Kier alpha value is -0.940. The van der Waals surface area contributed by atoms with E-state index in [2.05, 4.69) is 33.0 Å². The van der Waals surface area contributed by atoms with Crippen molar-refractivity contribution in [2.75, 3.05) is 0 Å². The summed E-state index contributed by atoms with van der Waals surface area (Å²) in [6, 6.07) is 0. The lowest BCUT2D eigenvalue weighted by atomic mass is 9.64. The first kappa shape index (κ1) is 12.5. The van der Waals surface area contributed by atoms with Crippen LogP contribution in [-0.4, -0.2) is 6.10 Å². The van der Waals surface area contributed by atoms with Gasteiger partial charge in [0.15, 0.2) is 6.11 Å². The summed E-state index contributed by atoms with van der Waals surface area (Å²) in [5.41, 5.74) is 1.52. The van der Waals surface area contributed by atoms with Gasteiger partial charge >= 0.3 is 0 Å². The Kier molecular flexibility index (Phi) is 3.79. The highest BCUT2D eigenvalue weighted by Crippen LogP contribution is 2.45. The molecule has 2 rings (SSSR count). The zero-order chi connectivity index (χ0) is 12.4. The van der Waals surface area contributed by atoms with Crippen LogP contribution in [0.15, 0.2) is 11.6 Å². The molecule has 0 aromatic carbocycles. The Morgan fingerprint density at radius 3 is 2.82 bits per heavy atom. The Balaban J connectivity index is 2.14. The molecule has 17 heavy (non-hydrogen) atoms. The van der Waals surface area contributed by atoms with Gasteiger partial charge in [-0.2, -0.15) is 4.89 Å². The van der Waals surface area contributed by atoms with Crippen molar-refractivity contribution in [3.05, 3.63) is 11.6 Å². The molecule has 0 spiro atoms. The van der Waals surface area contributed by atoms with Crippen LogP contribution < -0.4 is 0 Å². The van der Waals surface area contributed by atoms with Gasteiger partial charge in [0, 0.05) is 0 Å². The van der Waals surface area contributed by atoms with Gasteiger partial charge in [0.2, 0.25) is 0 Å². The van der Waals surface area contributed by atoms with Crippen LogP contribution in [0.25, 0.3) is 0 Å². The van der Waals surface area contributed by atoms with E-state index in [1.807, 2.05) is 0 Å². The molecule has 0 amide bonds. The lowest BCUT2D eigenvalue weighted by molar-refractivity contribution is -0.299. The Labute approximate surface area is 104 Å². The van der Waals surface area contributed by atoms with Crippen molar-refractivity contribution in [3.63, 3.8) is 0 Å². The summed E-state index contributed by atoms with van der Waals surface area (Å²) in [7, 11) is 0. The van der Waals surface area contributed by atoms with Gasteiger partial charge in [-0.05, 0) is 49.9 Å². The van der Waals surface area contributed by atoms with Gasteiger partial charge in [-0.1, -0.05) is 31.9 Å². The third-order valence-corrected chi connectivity index (χ3v) is 4.25. The highest BCUT2D eigenvalue weighted by Gasteiger charge is 2.42. The minimum absolute atomic E-state index is 0.152. The molecule has 1 saturated carbocycles. The monoisotopic (exact) mass is 234 g/mol. The number of fused-ring (bicyclic) bond motifs is 1. The minimum atomic E-state index is 0.152. The van der Waals surface area contributed by atoms with Gasteiger partial charge in [0.1, 0.15) is 6.10 Å². The normalized spacial score (nSPS) is 41.1. The second-order valence-electron chi connectivity index (χ2n) is 5.85. The smallest absolute Gasteiger partial charge is 0.153 e. The third kappa shape index (κ3) is 2.66. The average molecular weight is 234 g/mol. The molecule has 5 unspecified atom stereocenters. The number of hydrogen-bond acceptors (Lipinski definition) is 2. The van der Waals surface area contributed by atoms with E-state index in [1.165, 1.54) is 18.4 Å². The van der Waals surface area contributed by atoms with E-state index in [-0.39, 0.29) is 6.10 Å². The first-order valence-corrected chi connectivity index (χ1v) is 6.57. The maximum absolute atomic E-state index is 5.41. The standard InChI is InChI=1S/C15H22O2/c1-5-16-17-14-9-11(3)8-13-7-10(2)6-12(4)15(13)14/h1,7,11-15H,6,8-9H2,2-4H3. The summed E-state index contributed by atoms with van der Waals surface area (Å²) in [6.07, 6.45) is 13.3.